The Balaban J connectivity index is 1.62. The minimum Gasteiger partial charge on any atom is -0.377 e. The van der Waals surface area contributed by atoms with Gasteiger partial charge in [0.1, 0.15) is 5.82 Å². The Hall–Kier alpha value is -1.29. The Labute approximate surface area is 102 Å². The van der Waals surface area contributed by atoms with E-state index in [4.69, 9.17) is 4.74 Å². The van der Waals surface area contributed by atoms with Crippen LogP contribution in [-0.2, 0) is 4.74 Å². The first-order valence-corrected chi connectivity index (χ1v) is 6.47. The van der Waals surface area contributed by atoms with Crippen LogP contribution in [-0.4, -0.2) is 37.3 Å². The van der Waals surface area contributed by atoms with Crippen molar-refractivity contribution in [3.63, 3.8) is 0 Å². The van der Waals surface area contributed by atoms with Crippen LogP contribution in [0.2, 0.25) is 0 Å². The van der Waals surface area contributed by atoms with Gasteiger partial charge >= 0.3 is 0 Å². The van der Waals surface area contributed by atoms with Gasteiger partial charge in [-0.3, -0.25) is 0 Å². The number of piperidine rings is 1. The molecule has 0 spiro atoms. The molecule has 1 N–H and O–H groups in total. The molecule has 4 heteroatoms. The molecule has 2 aliphatic heterocycles. The third-order valence-corrected chi connectivity index (χ3v) is 3.44. The number of anilines is 2. The summed E-state index contributed by atoms with van der Waals surface area (Å²) in [6, 6.07) is 4.71. The molecule has 0 amide bonds. The Bertz CT molecular complexity index is 355. The zero-order chi connectivity index (χ0) is 11.5. The topological polar surface area (TPSA) is 37.4 Å². The van der Waals surface area contributed by atoms with Gasteiger partial charge in [-0.25, -0.2) is 4.98 Å². The molecule has 92 valence electrons. The summed E-state index contributed by atoms with van der Waals surface area (Å²) in [5, 5.41) is 3.40. The predicted molar refractivity (Wildman–Crippen MR) is 68.5 cm³/mol. The van der Waals surface area contributed by atoms with Gasteiger partial charge in [-0.1, -0.05) is 0 Å². The van der Waals surface area contributed by atoms with Crippen molar-refractivity contribution >= 4 is 11.5 Å². The highest BCUT2D eigenvalue weighted by Crippen LogP contribution is 2.19. The second-order valence-corrected chi connectivity index (χ2v) is 4.83. The molecule has 0 aromatic carbocycles. The predicted octanol–water partition coefficient (Wildman–Crippen LogP) is 1.88. The molecule has 0 saturated carbocycles. The molecule has 3 heterocycles. The summed E-state index contributed by atoms with van der Waals surface area (Å²) in [7, 11) is 0. The quantitative estimate of drug-likeness (QED) is 0.865. The molecule has 1 aromatic heterocycles. The lowest BCUT2D eigenvalue weighted by atomic mass is 10.1. The van der Waals surface area contributed by atoms with Gasteiger partial charge in [0.15, 0.2) is 0 Å². The minimum atomic E-state index is 0.470. The highest BCUT2D eigenvalue weighted by atomic mass is 16.5. The molecular formula is C13H19N3O. The second kappa shape index (κ2) is 4.92. The van der Waals surface area contributed by atoms with E-state index in [1.807, 2.05) is 6.20 Å². The number of ether oxygens (including phenoxy) is 1. The number of hydrogen-bond acceptors (Lipinski definition) is 4. The fourth-order valence-corrected chi connectivity index (χ4v) is 2.34. The molecule has 2 aliphatic rings. The van der Waals surface area contributed by atoms with Crippen molar-refractivity contribution in [2.75, 3.05) is 36.5 Å². The van der Waals surface area contributed by atoms with Crippen molar-refractivity contribution in [2.45, 2.75) is 25.3 Å². The third-order valence-electron chi connectivity index (χ3n) is 3.44. The highest BCUT2D eigenvalue weighted by Gasteiger charge is 2.18. The maximum atomic E-state index is 5.13. The zero-order valence-corrected chi connectivity index (χ0v) is 10.1. The summed E-state index contributed by atoms with van der Waals surface area (Å²) in [5.74, 6) is 1.11. The Morgan fingerprint density at radius 2 is 2.00 bits per heavy atom. The maximum absolute atomic E-state index is 5.13. The molecule has 2 fully saturated rings. The van der Waals surface area contributed by atoms with Crippen molar-refractivity contribution in [2.24, 2.45) is 0 Å². The molecule has 17 heavy (non-hydrogen) atoms. The normalized spacial score (nSPS) is 21.1. The van der Waals surface area contributed by atoms with Crippen molar-refractivity contribution in [1.82, 2.24) is 4.98 Å². The van der Waals surface area contributed by atoms with Crippen LogP contribution in [0.3, 0.4) is 0 Å². The summed E-state index contributed by atoms with van der Waals surface area (Å²) in [5.41, 5.74) is 1.10. The van der Waals surface area contributed by atoms with Crippen LogP contribution in [0.4, 0.5) is 11.5 Å². The number of nitrogens with zero attached hydrogens (tertiary/aromatic N) is 2. The Morgan fingerprint density at radius 3 is 2.59 bits per heavy atom. The van der Waals surface area contributed by atoms with Gasteiger partial charge in [-0.2, -0.15) is 0 Å². The van der Waals surface area contributed by atoms with Crippen molar-refractivity contribution < 1.29 is 4.74 Å². The van der Waals surface area contributed by atoms with E-state index in [2.05, 4.69) is 27.3 Å². The van der Waals surface area contributed by atoms with E-state index in [0.717, 1.165) is 37.8 Å². The molecule has 0 aliphatic carbocycles. The van der Waals surface area contributed by atoms with E-state index < -0.39 is 0 Å². The fraction of sp³-hybridized carbons (Fsp3) is 0.615. The molecular weight excluding hydrogens is 214 g/mol. The number of hydrogen-bond donors (Lipinski definition) is 1. The number of aromatic nitrogens is 1. The van der Waals surface area contributed by atoms with Gasteiger partial charge in [0.05, 0.1) is 31.1 Å². The van der Waals surface area contributed by atoms with Gasteiger partial charge in [-0.15, -0.1) is 0 Å². The Morgan fingerprint density at radius 1 is 1.18 bits per heavy atom. The van der Waals surface area contributed by atoms with Gasteiger partial charge < -0.3 is 15.0 Å². The fourth-order valence-electron chi connectivity index (χ4n) is 2.34. The van der Waals surface area contributed by atoms with E-state index in [9.17, 15) is 0 Å². The number of nitrogens with one attached hydrogen (secondary N) is 1. The van der Waals surface area contributed by atoms with Crippen LogP contribution in [0.15, 0.2) is 18.3 Å². The van der Waals surface area contributed by atoms with Crippen LogP contribution in [0.25, 0.3) is 0 Å². The van der Waals surface area contributed by atoms with E-state index in [1.165, 1.54) is 19.3 Å². The first kappa shape index (κ1) is 10.8. The van der Waals surface area contributed by atoms with Gasteiger partial charge in [0.2, 0.25) is 0 Å². The SMILES string of the molecule is c1cc(N2CCCCC2)ncc1NC1COC1. The molecule has 3 rings (SSSR count). The van der Waals surface area contributed by atoms with E-state index in [-0.39, 0.29) is 0 Å². The molecule has 0 atom stereocenters. The second-order valence-electron chi connectivity index (χ2n) is 4.83. The van der Waals surface area contributed by atoms with Crippen molar-refractivity contribution in [3.8, 4) is 0 Å². The lowest BCUT2D eigenvalue weighted by Gasteiger charge is -2.29. The van der Waals surface area contributed by atoms with Crippen molar-refractivity contribution in [1.29, 1.82) is 0 Å². The summed E-state index contributed by atoms with van der Waals surface area (Å²) < 4.78 is 5.13. The minimum absolute atomic E-state index is 0.470. The lowest BCUT2D eigenvalue weighted by molar-refractivity contribution is 0.0211. The van der Waals surface area contributed by atoms with E-state index in [1.54, 1.807) is 0 Å². The Kier molecular flexibility index (Phi) is 3.14. The molecule has 4 nitrogen and oxygen atoms in total. The molecule has 0 unspecified atom stereocenters. The van der Waals surface area contributed by atoms with Crippen LogP contribution >= 0.6 is 0 Å². The summed E-state index contributed by atoms with van der Waals surface area (Å²) >= 11 is 0. The molecule has 0 radical (unpaired) electrons. The first-order chi connectivity index (χ1) is 8.42. The van der Waals surface area contributed by atoms with E-state index >= 15 is 0 Å². The summed E-state index contributed by atoms with van der Waals surface area (Å²) in [4.78, 5) is 6.91. The zero-order valence-electron chi connectivity index (χ0n) is 10.1. The first-order valence-electron chi connectivity index (χ1n) is 6.47. The monoisotopic (exact) mass is 233 g/mol. The maximum Gasteiger partial charge on any atom is 0.128 e. The largest absolute Gasteiger partial charge is 0.377 e. The third kappa shape index (κ3) is 2.52. The van der Waals surface area contributed by atoms with E-state index in [0.29, 0.717) is 6.04 Å². The average molecular weight is 233 g/mol. The van der Waals surface area contributed by atoms with Crippen molar-refractivity contribution in [3.05, 3.63) is 18.3 Å². The number of pyridine rings is 1. The van der Waals surface area contributed by atoms with Crippen LogP contribution in [0.5, 0.6) is 0 Å². The van der Waals surface area contributed by atoms with Gasteiger partial charge in [0.25, 0.3) is 0 Å². The summed E-state index contributed by atoms with van der Waals surface area (Å²) in [6.45, 7) is 3.92. The number of rotatable bonds is 3. The lowest BCUT2D eigenvalue weighted by Crippen LogP contribution is -2.40. The van der Waals surface area contributed by atoms with Crippen LogP contribution < -0.4 is 10.2 Å². The van der Waals surface area contributed by atoms with Gasteiger partial charge in [0, 0.05) is 13.1 Å². The summed E-state index contributed by atoms with van der Waals surface area (Å²) in [6.07, 6.45) is 5.88. The van der Waals surface area contributed by atoms with Crippen LogP contribution in [0.1, 0.15) is 19.3 Å². The smallest absolute Gasteiger partial charge is 0.128 e. The molecule has 0 bridgehead atoms. The van der Waals surface area contributed by atoms with Gasteiger partial charge in [-0.05, 0) is 31.4 Å². The van der Waals surface area contributed by atoms with Crippen LogP contribution in [0, 0.1) is 0 Å². The average Bonchev–Trinajstić information content (AvgIpc) is 2.36. The molecule has 2 saturated heterocycles. The molecule has 1 aromatic rings. The standard InChI is InChI=1S/C13H19N3O/c1-2-6-16(7-3-1)13-5-4-11(8-14-13)15-12-9-17-10-12/h4-5,8,12,15H,1-3,6-7,9-10H2. The highest BCUT2D eigenvalue weighted by molar-refractivity contribution is 5.49.